The number of piperazine rings is 1. The van der Waals surface area contributed by atoms with Gasteiger partial charge < -0.3 is 10.2 Å². The molecule has 0 radical (unpaired) electrons. The van der Waals surface area contributed by atoms with Crippen LogP contribution in [0.15, 0.2) is 53.4 Å². The Labute approximate surface area is 181 Å². The van der Waals surface area contributed by atoms with Crippen molar-refractivity contribution in [3.63, 3.8) is 0 Å². The first-order valence-electron chi connectivity index (χ1n) is 9.74. The fourth-order valence-corrected chi connectivity index (χ4v) is 5.24. The molecule has 1 N–H and O–H groups in total. The van der Waals surface area contributed by atoms with E-state index in [2.05, 4.69) is 5.32 Å². The van der Waals surface area contributed by atoms with Crippen LogP contribution in [-0.4, -0.2) is 55.6 Å². The van der Waals surface area contributed by atoms with Gasteiger partial charge in [-0.1, -0.05) is 43.6 Å². The summed E-state index contributed by atoms with van der Waals surface area (Å²) in [7, 11) is -3.61. The third-order valence-electron chi connectivity index (χ3n) is 5.12. The number of sulfonamides is 1. The summed E-state index contributed by atoms with van der Waals surface area (Å²) < 4.78 is 26.7. The Morgan fingerprint density at radius 3 is 2.37 bits per heavy atom. The van der Waals surface area contributed by atoms with Crippen molar-refractivity contribution in [1.29, 1.82) is 0 Å². The highest BCUT2D eigenvalue weighted by Crippen LogP contribution is 2.30. The lowest BCUT2D eigenvalue weighted by Gasteiger charge is -2.35. The summed E-state index contributed by atoms with van der Waals surface area (Å²) in [6, 6.07) is 11.9. The van der Waals surface area contributed by atoms with Crippen LogP contribution in [0.3, 0.4) is 0 Å². The van der Waals surface area contributed by atoms with Gasteiger partial charge in [-0.15, -0.1) is 0 Å². The van der Waals surface area contributed by atoms with Crippen LogP contribution < -0.4 is 5.32 Å². The van der Waals surface area contributed by atoms with Crippen LogP contribution in [0.4, 0.5) is 0 Å². The molecule has 0 aliphatic carbocycles. The number of halogens is 1. The van der Waals surface area contributed by atoms with E-state index in [0.29, 0.717) is 42.3 Å². The van der Waals surface area contributed by atoms with E-state index in [9.17, 15) is 18.0 Å². The molecule has 30 heavy (non-hydrogen) atoms. The van der Waals surface area contributed by atoms with Gasteiger partial charge in [-0.2, -0.15) is 4.31 Å². The molecule has 1 fully saturated rings. The highest BCUT2D eigenvalue weighted by Gasteiger charge is 2.36. The molecule has 2 aromatic rings. The number of carbonyl (C=O) groups is 2. The van der Waals surface area contributed by atoms with Gasteiger partial charge in [-0.25, -0.2) is 8.42 Å². The number of carbonyl (C=O) groups excluding carboxylic acids is 2. The van der Waals surface area contributed by atoms with Gasteiger partial charge in [-0.3, -0.25) is 9.59 Å². The van der Waals surface area contributed by atoms with E-state index in [1.165, 1.54) is 33.5 Å². The van der Waals surface area contributed by atoms with Gasteiger partial charge >= 0.3 is 0 Å². The zero-order valence-corrected chi connectivity index (χ0v) is 18.4. The lowest BCUT2D eigenvalue weighted by atomic mass is 10.0. The molecule has 7 nitrogen and oxygen atoms in total. The van der Waals surface area contributed by atoms with E-state index >= 15 is 0 Å². The molecule has 0 spiro atoms. The van der Waals surface area contributed by atoms with Gasteiger partial charge in [-0.05, 0) is 30.3 Å². The SMILES string of the molecule is CCN(CC)S(=O)(=O)c1ccc(C(=O)N2CCNC(=O)C2c2ccccc2Cl)cc1. The third kappa shape index (κ3) is 4.21. The molecule has 1 unspecified atom stereocenters. The lowest BCUT2D eigenvalue weighted by Crippen LogP contribution is -2.52. The summed E-state index contributed by atoms with van der Waals surface area (Å²) in [5.74, 6) is -0.662. The smallest absolute Gasteiger partial charge is 0.254 e. The van der Waals surface area contributed by atoms with Crippen molar-refractivity contribution in [3.8, 4) is 0 Å². The number of nitrogens with zero attached hydrogens (tertiary/aromatic N) is 2. The maximum atomic E-state index is 13.2. The Balaban J connectivity index is 1.91. The fourth-order valence-electron chi connectivity index (χ4n) is 3.54. The second-order valence-corrected chi connectivity index (χ2v) is 9.17. The van der Waals surface area contributed by atoms with Crippen LogP contribution in [0.2, 0.25) is 5.02 Å². The molecule has 1 saturated heterocycles. The Hall–Kier alpha value is -2.42. The molecule has 0 bridgehead atoms. The summed E-state index contributed by atoms with van der Waals surface area (Å²) in [4.78, 5) is 27.4. The highest BCUT2D eigenvalue weighted by molar-refractivity contribution is 7.89. The first-order valence-corrected chi connectivity index (χ1v) is 11.6. The zero-order chi connectivity index (χ0) is 21.9. The summed E-state index contributed by atoms with van der Waals surface area (Å²) >= 11 is 6.28. The van der Waals surface area contributed by atoms with Crippen LogP contribution in [0, 0.1) is 0 Å². The maximum absolute atomic E-state index is 13.2. The van der Waals surface area contributed by atoms with Crippen LogP contribution in [0.5, 0.6) is 0 Å². The minimum Gasteiger partial charge on any atom is -0.352 e. The summed E-state index contributed by atoms with van der Waals surface area (Å²) in [5.41, 5.74) is 0.852. The predicted molar refractivity (Wildman–Crippen MR) is 115 cm³/mol. The first kappa shape index (κ1) is 22.3. The normalized spacial score (nSPS) is 17.1. The molecular formula is C21H24ClN3O4S. The minimum atomic E-state index is -3.61. The van der Waals surface area contributed by atoms with E-state index in [-0.39, 0.29) is 16.7 Å². The van der Waals surface area contributed by atoms with Crippen LogP contribution in [-0.2, 0) is 14.8 Å². The number of amides is 2. The van der Waals surface area contributed by atoms with Gasteiger partial charge in [0.25, 0.3) is 5.91 Å². The summed E-state index contributed by atoms with van der Waals surface area (Å²) in [6.45, 7) is 4.92. The summed E-state index contributed by atoms with van der Waals surface area (Å²) in [5, 5.41) is 3.17. The van der Waals surface area contributed by atoms with Crippen LogP contribution in [0.25, 0.3) is 0 Å². The van der Waals surface area contributed by atoms with Gasteiger partial charge in [0.1, 0.15) is 6.04 Å². The van der Waals surface area contributed by atoms with E-state index in [1.54, 1.807) is 38.1 Å². The standard InChI is InChI=1S/C21H24ClN3O4S/c1-3-24(4-2)30(28,29)16-11-9-15(10-12-16)21(27)25-14-13-23-20(26)19(25)17-7-5-6-8-18(17)22/h5-12,19H,3-4,13-14H2,1-2H3,(H,23,26). The van der Waals surface area contributed by atoms with Crippen molar-refractivity contribution < 1.29 is 18.0 Å². The van der Waals surface area contributed by atoms with Crippen molar-refractivity contribution in [2.45, 2.75) is 24.8 Å². The second kappa shape index (κ2) is 9.16. The number of hydrogen-bond acceptors (Lipinski definition) is 4. The lowest BCUT2D eigenvalue weighted by molar-refractivity contribution is -0.128. The molecule has 1 aliphatic heterocycles. The topological polar surface area (TPSA) is 86.8 Å². The molecule has 0 saturated carbocycles. The first-order chi connectivity index (χ1) is 14.3. The molecule has 0 aromatic heterocycles. The van der Waals surface area contributed by atoms with E-state index < -0.39 is 16.1 Å². The Kier molecular flexibility index (Phi) is 6.80. The van der Waals surface area contributed by atoms with Crippen molar-refractivity contribution in [3.05, 3.63) is 64.7 Å². The zero-order valence-electron chi connectivity index (χ0n) is 16.8. The van der Waals surface area contributed by atoms with Crippen molar-refractivity contribution in [2.75, 3.05) is 26.2 Å². The molecule has 1 atom stereocenters. The Bertz CT molecular complexity index is 1040. The average Bonchev–Trinajstić information content (AvgIpc) is 2.74. The molecule has 2 aromatic carbocycles. The van der Waals surface area contributed by atoms with Gasteiger partial charge in [0.05, 0.1) is 4.90 Å². The highest BCUT2D eigenvalue weighted by atomic mass is 35.5. The van der Waals surface area contributed by atoms with Crippen LogP contribution in [0.1, 0.15) is 35.8 Å². The predicted octanol–water partition coefficient (Wildman–Crippen LogP) is 2.68. The molecular weight excluding hydrogens is 426 g/mol. The second-order valence-electron chi connectivity index (χ2n) is 6.83. The summed E-state index contributed by atoms with van der Waals surface area (Å²) in [6.07, 6.45) is 0. The molecule has 160 valence electrons. The molecule has 1 heterocycles. The Morgan fingerprint density at radius 2 is 1.77 bits per heavy atom. The van der Waals surface area contributed by atoms with Crippen LogP contribution >= 0.6 is 11.6 Å². The molecule has 3 rings (SSSR count). The Morgan fingerprint density at radius 1 is 1.13 bits per heavy atom. The van der Waals surface area contributed by atoms with E-state index in [4.69, 9.17) is 11.6 Å². The maximum Gasteiger partial charge on any atom is 0.254 e. The van der Waals surface area contributed by atoms with Crippen molar-refractivity contribution >= 4 is 33.4 Å². The average molecular weight is 450 g/mol. The fraction of sp³-hybridized carbons (Fsp3) is 0.333. The van der Waals surface area contributed by atoms with Crippen molar-refractivity contribution in [2.24, 2.45) is 0 Å². The molecule has 1 aliphatic rings. The number of rotatable bonds is 6. The van der Waals surface area contributed by atoms with E-state index in [1.807, 2.05) is 0 Å². The van der Waals surface area contributed by atoms with Gasteiger partial charge in [0.2, 0.25) is 15.9 Å². The third-order valence-corrected chi connectivity index (χ3v) is 7.53. The monoisotopic (exact) mass is 449 g/mol. The van der Waals surface area contributed by atoms with Gasteiger partial charge in [0, 0.05) is 42.3 Å². The minimum absolute atomic E-state index is 0.127. The molecule has 2 amide bonds. The number of hydrogen-bond donors (Lipinski definition) is 1. The number of nitrogens with one attached hydrogen (secondary N) is 1. The van der Waals surface area contributed by atoms with Gasteiger partial charge in [0.15, 0.2) is 0 Å². The molecule has 9 heteroatoms. The number of benzene rings is 2. The van der Waals surface area contributed by atoms with Crippen molar-refractivity contribution in [1.82, 2.24) is 14.5 Å². The van der Waals surface area contributed by atoms with E-state index in [0.717, 1.165) is 0 Å². The quantitative estimate of drug-likeness (QED) is 0.734. The largest absolute Gasteiger partial charge is 0.352 e.